The normalized spacial score (nSPS) is 9.53. The van der Waals surface area contributed by atoms with Crippen LogP contribution in [0.25, 0.3) is 0 Å². The number of rotatable bonds is 4. The fourth-order valence-electron chi connectivity index (χ4n) is 1.05. The predicted molar refractivity (Wildman–Crippen MR) is 52.0 cm³/mol. The number of benzene rings is 1. The van der Waals surface area contributed by atoms with Crippen LogP contribution in [-0.2, 0) is 9.78 Å². The molecule has 0 unspecified atom stereocenters. The van der Waals surface area contributed by atoms with Gasteiger partial charge < -0.3 is 9.47 Å². The van der Waals surface area contributed by atoms with E-state index >= 15 is 0 Å². The highest BCUT2D eigenvalue weighted by Crippen LogP contribution is 2.22. The number of hydrogen-bond donors (Lipinski definition) is 0. The molecule has 82 valence electrons. The zero-order valence-corrected chi connectivity index (χ0v) is 8.77. The van der Waals surface area contributed by atoms with Gasteiger partial charge in [0.1, 0.15) is 11.5 Å². The van der Waals surface area contributed by atoms with E-state index in [1.807, 2.05) is 0 Å². The van der Waals surface area contributed by atoms with Crippen LogP contribution in [0.2, 0.25) is 0 Å². The SMILES string of the molecule is COOC(=O)c1cc(OC)cc(OC)c1. The molecule has 1 aromatic rings. The van der Waals surface area contributed by atoms with Gasteiger partial charge in [-0.05, 0) is 12.1 Å². The average Bonchev–Trinajstić information content (AvgIpc) is 2.28. The molecule has 0 fully saturated rings. The van der Waals surface area contributed by atoms with Crippen LogP contribution >= 0.6 is 0 Å². The Labute approximate surface area is 87.4 Å². The first-order valence-corrected chi connectivity index (χ1v) is 4.19. The smallest absolute Gasteiger partial charge is 0.373 e. The molecule has 5 heteroatoms. The molecule has 0 aliphatic carbocycles. The summed E-state index contributed by atoms with van der Waals surface area (Å²) in [6, 6.07) is 4.72. The van der Waals surface area contributed by atoms with E-state index in [0.29, 0.717) is 17.1 Å². The van der Waals surface area contributed by atoms with Crippen molar-refractivity contribution in [2.45, 2.75) is 0 Å². The van der Waals surface area contributed by atoms with Gasteiger partial charge >= 0.3 is 5.97 Å². The Morgan fingerprint density at radius 2 is 1.53 bits per heavy atom. The lowest BCUT2D eigenvalue weighted by atomic mass is 10.2. The summed E-state index contributed by atoms with van der Waals surface area (Å²) in [5, 5.41) is 0. The average molecular weight is 212 g/mol. The molecule has 0 atom stereocenters. The van der Waals surface area contributed by atoms with Crippen LogP contribution in [0.4, 0.5) is 0 Å². The van der Waals surface area contributed by atoms with Crippen molar-refractivity contribution in [3.8, 4) is 11.5 Å². The zero-order chi connectivity index (χ0) is 11.3. The van der Waals surface area contributed by atoms with E-state index in [9.17, 15) is 4.79 Å². The summed E-state index contributed by atoms with van der Waals surface area (Å²) in [4.78, 5) is 20.0. The first-order chi connectivity index (χ1) is 7.21. The number of carbonyl (C=O) groups is 1. The van der Waals surface area contributed by atoms with Gasteiger partial charge in [0.2, 0.25) is 0 Å². The molecular formula is C10H12O5. The van der Waals surface area contributed by atoms with Gasteiger partial charge in [-0.2, -0.15) is 4.89 Å². The molecule has 15 heavy (non-hydrogen) atoms. The fraction of sp³-hybridized carbons (Fsp3) is 0.300. The van der Waals surface area contributed by atoms with Crippen molar-refractivity contribution in [3.63, 3.8) is 0 Å². The second-order valence-corrected chi connectivity index (χ2v) is 2.64. The van der Waals surface area contributed by atoms with E-state index in [-0.39, 0.29) is 0 Å². The lowest BCUT2D eigenvalue weighted by Crippen LogP contribution is -2.04. The second-order valence-electron chi connectivity index (χ2n) is 2.64. The fourth-order valence-corrected chi connectivity index (χ4v) is 1.05. The van der Waals surface area contributed by atoms with Crippen LogP contribution in [0.15, 0.2) is 18.2 Å². The number of ether oxygens (including phenoxy) is 2. The van der Waals surface area contributed by atoms with Crippen molar-refractivity contribution in [2.24, 2.45) is 0 Å². The van der Waals surface area contributed by atoms with Crippen LogP contribution in [0.3, 0.4) is 0 Å². The topological polar surface area (TPSA) is 54.0 Å². The molecule has 1 aromatic carbocycles. The standard InChI is InChI=1S/C10H12O5/c1-12-8-4-7(10(11)15-14-3)5-9(6-8)13-2/h4-6H,1-3H3. The van der Waals surface area contributed by atoms with Crippen LogP contribution in [0.5, 0.6) is 11.5 Å². The Morgan fingerprint density at radius 1 is 1.00 bits per heavy atom. The van der Waals surface area contributed by atoms with Gasteiger partial charge in [-0.3, -0.25) is 4.89 Å². The minimum absolute atomic E-state index is 0.299. The summed E-state index contributed by atoms with van der Waals surface area (Å²) in [6.07, 6.45) is 0. The van der Waals surface area contributed by atoms with Gasteiger partial charge in [0, 0.05) is 6.07 Å². The van der Waals surface area contributed by atoms with Crippen molar-refractivity contribution in [1.29, 1.82) is 0 Å². The summed E-state index contributed by atoms with van der Waals surface area (Å²) >= 11 is 0. The molecule has 0 aliphatic rings. The summed E-state index contributed by atoms with van der Waals surface area (Å²) < 4.78 is 9.99. The third-order valence-corrected chi connectivity index (χ3v) is 1.75. The lowest BCUT2D eigenvalue weighted by Gasteiger charge is -2.06. The van der Waals surface area contributed by atoms with Crippen molar-refractivity contribution in [2.75, 3.05) is 21.3 Å². The van der Waals surface area contributed by atoms with Gasteiger partial charge in [0.15, 0.2) is 0 Å². The first kappa shape index (κ1) is 11.3. The molecule has 0 aliphatic heterocycles. The highest BCUT2D eigenvalue weighted by molar-refractivity contribution is 5.90. The van der Waals surface area contributed by atoms with Crippen molar-refractivity contribution in [3.05, 3.63) is 23.8 Å². The molecule has 0 aromatic heterocycles. The van der Waals surface area contributed by atoms with Crippen molar-refractivity contribution < 1.29 is 24.0 Å². The molecule has 0 bridgehead atoms. The molecular weight excluding hydrogens is 200 g/mol. The molecule has 0 amide bonds. The molecule has 0 N–H and O–H groups in total. The van der Waals surface area contributed by atoms with E-state index in [1.165, 1.54) is 33.5 Å². The largest absolute Gasteiger partial charge is 0.497 e. The van der Waals surface area contributed by atoms with E-state index in [0.717, 1.165) is 0 Å². The second kappa shape index (κ2) is 5.21. The number of methoxy groups -OCH3 is 2. The Morgan fingerprint density at radius 3 is 1.93 bits per heavy atom. The monoisotopic (exact) mass is 212 g/mol. The van der Waals surface area contributed by atoms with Gasteiger partial charge in [-0.15, -0.1) is 0 Å². The highest BCUT2D eigenvalue weighted by atomic mass is 17.2. The Bertz CT molecular complexity index is 325. The van der Waals surface area contributed by atoms with Gasteiger partial charge in [0.05, 0.1) is 26.9 Å². The quantitative estimate of drug-likeness (QED) is 0.558. The molecule has 5 nitrogen and oxygen atoms in total. The predicted octanol–water partition coefficient (Wildman–Crippen LogP) is 1.42. The van der Waals surface area contributed by atoms with Crippen molar-refractivity contribution >= 4 is 5.97 Å². The van der Waals surface area contributed by atoms with E-state index in [1.54, 1.807) is 6.07 Å². The maximum atomic E-state index is 11.3. The molecule has 0 spiro atoms. The van der Waals surface area contributed by atoms with E-state index in [4.69, 9.17) is 9.47 Å². The Kier molecular flexibility index (Phi) is 3.93. The molecule has 0 saturated carbocycles. The number of hydrogen-bond acceptors (Lipinski definition) is 5. The maximum Gasteiger partial charge on any atom is 0.373 e. The molecule has 0 heterocycles. The van der Waals surface area contributed by atoms with Gasteiger partial charge in [0.25, 0.3) is 0 Å². The molecule has 0 radical (unpaired) electrons. The Balaban J connectivity index is 3.01. The maximum absolute atomic E-state index is 11.3. The van der Waals surface area contributed by atoms with Crippen molar-refractivity contribution in [1.82, 2.24) is 0 Å². The summed E-state index contributed by atoms with van der Waals surface area (Å²) in [7, 11) is 4.26. The van der Waals surface area contributed by atoms with Gasteiger partial charge in [-0.25, -0.2) is 4.79 Å². The van der Waals surface area contributed by atoms with Crippen LogP contribution in [-0.4, -0.2) is 27.3 Å². The van der Waals surface area contributed by atoms with Crippen LogP contribution in [0.1, 0.15) is 10.4 Å². The van der Waals surface area contributed by atoms with E-state index in [2.05, 4.69) is 9.78 Å². The van der Waals surface area contributed by atoms with Crippen LogP contribution < -0.4 is 9.47 Å². The molecule has 0 saturated heterocycles. The third-order valence-electron chi connectivity index (χ3n) is 1.75. The van der Waals surface area contributed by atoms with E-state index < -0.39 is 5.97 Å². The minimum Gasteiger partial charge on any atom is -0.497 e. The van der Waals surface area contributed by atoms with Gasteiger partial charge in [-0.1, -0.05) is 0 Å². The Hall–Kier alpha value is -1.75. The summed E-state index contributed by atoms with van der Waals surface area (Å²) in [5.41, 5.74) is 0.299. The summed E-state index contributed by atoms with van der Waals surface area (Å²) in [6.45, 7) is 0. The zero-order valence-electron chi connectivity index (χ0n) is 8.77. The third kappa shape index (κ3) is 2.85. The lowest BCUT2D eigenvalue weighted by molar-refractivity contribution is -0.216. The summed E-state index contributed by atoms with van der Waals surface area (Å²) in [5.74, 6) is 0.421. The van der Waals surface area contributed by atoms with Crippen LogP contribution in [0, 0.1) is 0 Å². The molecule has 1 rings (SSSR count). The highest BCUT2D eigenvalue weighted by Gasteiger charge is 2.11. The minimum atomic E-state index is -0.602. The number of carbonyl (C=O) groups excluding carboxylic acids is 1. The first-order valence-electron chi connectivity index (χ1n) is 4.19.